The maximum Gasteiger partial charge on any atom is 0.321 e. The minimum absolute atomic E-state index is 0.243. The Labute approximate surface area is 123 Å². The van der Waals surface area contributed by atoms with Crippen LogP contribution in [0.1, 0.15) is 36.5 Å². The summed E-state index contributed by atoms with van der Waals surface area (Å²) in [7, 11) is 1.50. The Morgan fingerprint density at radius 3 is 2.45 bits per heavy atom. The van der Waals surface area contributed by atoms with E-state index in [1.807, 2.05) is 30.3 Å². The second-order valence-electron chi connectivity index (χ2n) is 4.90. The number of rotatable bonds is 4. The molecule has 2 rings (SSSR count). The molecule has 0 spiro atoms. The van der Waals surface area contributed by atoms with Crippen LogP contribution in [0.3, 0.4) is 0 Å². The highest BCUT2D eigenvalue weighted by molar-refractivity contribution is 8.00. The molecular weight excluding hydrogens is 272 g/mol. The zero-order valence-electron chi connectivity index (χ0n) is 11.6. The van der Waals surface area contributed by atoms with Gasteiger partial charge in [0.05, 0.1) is 0 Å². The third-order valence-corrected chi connectivity index (χ3v) is 5.05. The van der Waals surface area contributed by atoms with E-state index in [-0.39, 0.29) is 11.2 Å². The molecule has 1 aromatic carbocycles. The third-order valence-electron chi connectivity index (χ3n) is 3.43. The first-order chi connectivity index (χ1) is 9.70. The first-order valence-electron chi connectivity index (χ1n) is 6.93. The van der Waals surface area contributed by atoms with Gasteiger partial charge in [0, 0.05) is 12.3 Å². The van der Waals surface area contributed by atoms with Crippen LogP contribution in [0.2, 0.25) is 0 Å². The Bertz CT molecular complexity index is 458. The Kier molecular flexibility index (Phi) is 5.47. The van der Waals surface area contributed by atoms with Crippen LogP contribution in [-0.4, -0.2) is 24.2 Å². The summed E-state index contributed by atoms with van der Waals surface area (Å²) in [6.07, 6.45) is 4.77. The van der Waals surface area contributed by atoms with Crippen molar-refractivity contribution in [1.29, 1.82) is 0 Å². The number of amides is 3. The summed E-state index contributed by atoms with van der Waals surface area (Å²) in [5, 5.41) is 5.00. The van der Waals surface area contributed by atoms with E-state index in [9.17, 15) is 9.59 Å². The van der Waals surface area contributed by atoms with Crippen molar-refractivity contribution in [1.82, 2.24) is 10.6 Å². The van der Waals surface area contributed by atoms with E-state index in [1.165, 1.54) is 19.9 Å². The molecule has 0 heterocycles. The van der Waals surface area contributed by atoms with Gasteiger partial charge in [0.15, 0.2) is 0 Å². The number of carbonyl (C=O) groups is 2. The first-order valence-corrected chi connectivity index (χ1v) is 7.88. The summed E-state index contributed by atoms with van der Waals surface area (Å²) >= 11 is 1.67. The maximum absolute atomic E-state index is 12.3. The predicted molar refractivity (Wildman–Crippen MR) is 81.6 cm³/mol. The van der Waals surface area contributed by atoms with Gasteiger partial charge in [-0.2, -0.15) is 0 Å². The molecule has 2 N–H and O–H groups in total. The van der Waals surface area contributed by atoms with Crippen molar-refractivity contribution in [2.24, 2.45) is 0 Å². The lowest BCUT2D eigenvalue weighted by Crippen LogP contribution is -2.39. The van der Waals surface area contributed by atoms with Crippen molar-refractivity contribution >= 4 is 23.7 Å². The molecule has 1 saturated carbocycles. The minimum Gasteiger partial charge on any atom is -0.341 e. The molecule has 1 fully saturated rings. The molecule has 1 aromatic rings. The zero-order chi connectivity index (χ0) is 14.4. The summed E-state index contributed by atoms with van der Waals surface area (Å²) in [6.45, 7) is 0. The molecule has 108 valence electrons. The molecule has 3 amide bonds. The Balaban J connectivity index is 2.10. The highest BCUT2D eigenvalue weighted by atomic mass is 32.2. The number of thioether (sulfide) groups is 1. The lowest BCUT2D eigenvalue weighted by atomic mass is 10.1. The fraction of sp³-hybridized carbons (Fsp3) is 0.467. The van der Waals surface area contributed by atoms with E-state index in [4.69, 9.17) is 0 Å². The van der Waals surface area contributed by atoms with Crippen LogP contribution in [0.15, 0.2) is 30.3 Å². The summed E-state index contributed by atoms with van der Waals surface area (Å²) in [4.78, 5) is 23.7. The minimum atomic E-state index is -0.456. The maximum atomic E-state index is 12.3. The average Bonchev–Trinajstić information content (AvgIpc) is 2.98. The van der Waals surface area contributed by atoms with Crippen LogP contribution >= 0.6 is 11.8 Å². The summed E-state index contributed by atoms with van der Waals surface area (Å²) in [5.74, 6) is -0.243. The highest BCUT2D eigenvalue weighted by Crippen LogP contribution is 2.39. The monoisotopic (exact) mass is 292 g/mol. The van der Waals surface area contributed by atoms with Crippen molar-refractivity contribution in [3.8, 4) is 0 Å². The molecular formula is C15H20N2O2S. The van der Waals surface area contributed by atoms with Gasteiger partial charge in [-0.3, -0.25) is 10.1 Å². The van der Waals surface area contributed by atoms with Gasteiger partial charge in [0.1, 0.15) is 5.25 Å². The van der Waals surface area contributed by atoms with Gasteiger partial charge in [0.25, 0.3) is 0 Å². The van der Waals surface area contributed by atoms with E-state index in [0.717, 1.165) is 18.4 Å². The van der Waals surface area contributed by atoms with Gasteiger partial charge in [-0.1, -0.05) is 43.2 Å². The van der Waals surface area contributed by atoms with Crippen LogP contribution in [0, 0.1) is 0 Å². The van der Waals surface area contributed by atoms with E-state index >= 15 is 0 Å². The smallest absolute Gasteiger partial charge is 0.321 e. The number of nitrogens with one attached hydrogen (secondary N) is 2. The lowest BCUT2D eigenvalue weighted by molar-refractivity contribution is -0.119. The van der Waals surface area contributed by atoms with Crippen molar-refractivity contribution < 1.29 is 9.59 Å². The van der Waals surface area contributed by atoms with Crippen molar-refractivity contribution in [2.45, 2.75) is 36.2 Å². The molecule has 0 saturated heterocycles. The lowest BCUT2D eigenvalue weighted by Gasteiger charge is -2.19. The Hall–Kier alpha value is -1.49. The normalized spacial score (nSPS) is 16.6. The number of imide groups is 1. The molecule has 1 aliphatic rings. The SMILES string of the molecule is CNC(=O)NC(=O)[C@@H](SC1CCCC1)c1ccccc1. The number of hydrogen-bond donors (Lipinski definition) is 2. The highest BCUT2D eigenvalue weighted by Gasteiger charge is 2.27. The van der Waals surface area contributed by atoms with E-state index in [0.29, 0.717) is 5.25 Å². The van der Waals surface area contributed by atoms with Gasteiger partial charge >= 0.3 is 6.03 Å². The van der Waals surface area contributed by atoms with Gasteiger partial charge in [-0.25, -0.2) is 4.79 Å². The van der Waals surface area contributed by atoms with E-state index in [1.54, 1.807) is 11.8 Å². The summed E-state index contributed by atoms with van der Waals surface area (Å²) in [6, 6.07) is 9.20. The van der Waals surface area contributed by atoms with Crippen molar-refractivity contribution in [2.75, 3.05) is 7.05 Å². The Morgan fingerprint density at radius 2 is 1.85 bits per heavy atom. The van der Waals surface area contributed by atoms with Crippen molar-refractivity contribution in [3.05, 3.63) is 35.9 Å². The predicted octanol–water partition coefficient (Wildman–Crippen LogP) is 2.86. The second-order valence-corrected chi connectivity index (χ2v) is 6.31. The van der Waals surface area contributed by atoms with Crippen LogP contribution in [0.5, 0.6) is 0 Å². The standard InChI is InChI=1S/C15H20N2O2S/c1-16-15(19)17-14(18)13(11-7-3-2-4-8-11)20-12-9-5-6-10-12/h2-4,7-8,12-13H,5-6,9-10H2,1H3,(H2,16,17,18,19)/t13-/m0/s1. The van der Waals surface area contributed by atoms with E-state index in [2.05, 4.69) is 10.6 Å². The topological polar surface area (TPSA) is 58.2 Å². The quantitative estimate of drug-likeness (QED) is 0.897. The fourth-order valence-electron chi connectivity index (χ4n) is 2.38. The first kappa shape index (κ1) is 14.9. The van der Waals surface area contributed by atoms with Crippen molar-refractivity contribution in [3.63, 3.8) is 0 Å². The molecule has 1 atom stereocenters. The van der Waals surface area contributed by atoms with Crippen LogP contribution in [0.25, 0.3) is 0 Å². The fourth-order valence-corrected chi connectivity index (χ4v) is 3.86. The molecule has 0 radical (unpaired) electrons. The van der Waals surface area contributed by atoms with E-state index < -0.39 is 6.03 Å². The molecule has 0 aliphatic heterocycles. The number of urea groups is 1. The molecule has 0 bridgehead atoms. The summed E-state index contributed by atoms with van der Waals surface area (Å²) < 4.78 is 0. The number of hydrogen-bond acceptors (Lipinski definition) is 3. The van der Waals surface area contributed by atoms with Crippen LogP contribution in [-0.2, 0) is 4.79 Å². The third kappa shape index (κ3) is 4.00. The van der Waals surface area contributed by atoms with Crippen LogP contribution in [0.4, 0.5) is 4.79 Å². The van der Waals surface area contributed by atoms with Gasteiger partial charge in [0.2, 0.25) is 5.91 Å². The summed E-state index contributed by atoms with van der Waals surface area (Å²) in [5.41, 5.74) is 0.950. The largest absolute Gasteiger partial charge is 0.341 e. The number of benzene rings is 1. The molecule has 4 nitrogen and oxygen atoms in total. The second kappa shape index (κ2) is 7.33. The zero-order valence-corrected chi connectivity index (χ0v) is 12.4. The average molecular weight is 292 g/mol. The molecule has 0 aromatic heterocycles. The van der Waals surface area contributed by atoms with Gasteiger partial charge in [-0.05, 0) is 18.4 Å². The molecule has 1 aliphatic carbocycles. The molecule has 5 heteroatoms. The Morgan fingerprint density at radius 1 is 1.20 bits per heavy atom. The number of carbonyl (C=O) groups excluding carboxylic acids is 2. The molecule has 0 unspecified atom stereocenters. The van der Waals surface area contributed by atoms with Gasteiger partial charge in [-0.15, -0.1) is 11.8 Å². The van der Waals surface area contributed by atoms with Gasteiger partial charge < -0.3 is 5.32 Å². The van der Waals surface area contributed by atoms with Crippen LogP contribution < -0.4 is 10.6 Å². The molecule has 20 heavy (non-hydrogen) atoms.